The minimum Gasteiger partial charge on any atom is -0.375 e. The summed E-state index contributed by atoms with van der Waals surface area (Å²) in [6.45, 7) is 6.38. The van der Waals surface area contributed by atoms with Gasteiger partial charge >= 0.3 is 0 Å². The fourth-order valence-electron chi connectivity index (χ4n) is 3.11. The summed E-state index contributed by atoms with van der Waals surface area (Å²) in [5.74, 6) is 0.336. The molecule has 1 aromatic carbocycles. The Hall–Kier alpha value is -3.32. The van der Waals surface area contributed by atoms with Crippen LogP contribution in [0.4, 0.5) is 0 Å². The van der Waals surface area contributed by atoms with Crippen LogP contribution >= 0.6 is 0 Å². The number of nitrogens with zero attached hydrogens (tertiary/aromatic N) is 5. The predicted octanol–water partition coefficient (Wildman–Crippen LogP) is 2.54. The van der Waals surface area contributed by atoms with Gasteiger partial charge in [-0.05, 0) is 18.1 Å². The van der Waals surface area contributed by atoms with Crippen LogP contribution in [0.15, 0.2) is 66.5 Å². The molecule has 3 aromatic heterocycles. The number of aryl methyl sites for hydroxylation is 1. The molecule has 3 heterocycles. The van der Waals surface area contributed by atoms with Crippen LogP contribution in [-0.4, -0.2) is 37.1 Å². The Morgan fingerprint density at radius 1 is 1.26 bits per heavy atom. The molecule has 0 aliphatic rings. The molecular formula is C20H19N5O2. The van der Waals surface area contributed by atoms with Gasteiger partial charge in [0.1, 0.15) is 0 Å². The van der Waals surface area contributed by atoms with E-state index in [-0.39, 0.29) is 11.6 Å². The molecular weight excluding hydrogens is 342 g/mol. The Morgan fingerprint density at radius 3 is 2.85 bits per heavy atom. The van der Waals surface area contributed by atoms with Crippen LogP contribution in [-0.2, 0) is 4.74 Å². The third kappa shape index (κ3) is 3.13. The molecule has 0 aliphatic heterocycles. The number of benzene rings is 1. The number of hydrogen-bond acceptors (Lipinski definition) is 5. The quantitative estimate of drug-likeness (QED) is 0.390. The molecule has 0 saturated heterocycles. The van der Waals surface area contributed by atoms with Gasteiger partial charge in [0.15, 0.2) is 11.2 Å². The van der Waals surface area contributed by atoms with Gasteiger partial charge in [0.25, 0.3) is 5.56 Å². The molecule has 7 heteroatoms. The minimum atomic E-state index is -0.207. The molecule has 0 radical (unpaired) electrons. The summed E-state index contributed by atoms with van der Waals surface area (Å²) in [6, 6.07) is 9.68. The number of imidazole rings is 1. The fraction of sp³-hybridized carbons (Fsp3) is 0.200. The van der Waals surface area contributed by atoms with E-state index >= 15 is 0 Å². The average molecular weight is 361 g/mol. The van der Waals surface area contributed by atoms with Gasteiger partial charge in [-0.1, -0.05) is 36.4 Å². The van der Waals surface area contributed by atoms with Gasteiger partial charge in [0.2, 0.25) is 5.78 Å². The molecule has 1 unspecified atom stereocenters. The maximum atomic E-state index is 13.2. The van der Waals surface area contributed by atoms with Gasteiger partial charge in [-0.25, -0.2) is 14.4 Å². The predicted molar refractivity (Wildman–Crippen MR) is 103 cm³/mol. The van der Waals surface area contributed by atoms with Crippen molar-refractivity contribution in [3.63, 3.8) is 0 Å². The molecule has 0 saturated carbocycles. The van der Waals surface area contributed by atoms with Gasteiger partial charge in [-0.15, -0.1) is 6.58 Å². The van der Waals surface area contributed by atoms with Crippen molar-refractivity contribution in [2.45, 2.75) is 13.0 Å². The summed E-state index contributed by atoms with van der Waals surface area (Å²) in [6.07, 6.45) is 6.76. The van der Waals surface area contributed by atoms with E-state index in [0.717, 1.165) is 11.1 Å². The summed E-state index contributed by atoms with van der Waals surface area (Å²) < 4.78 is 9.00. The maximum Gasteiger partial charge on any atom is 0.285 e. The number of aromatic nitrogens is 5. The number of hydrogen-bond donors (Lipinski definition) is 0. The van der Waals surface area contributed by atoms with Crippen LogP contribution in [0, 0.1) is 6.92 Å². The van der Waals surface area contributed by atoms with Gasteiger partial charge in [-0.2, -0.15) is 4.98 Å². The lowest BCUT2D eigenvalue weighted by atomic mass is 10.1. The first-order valence-corrected chi connectivity index (χ1v) is 8.64. The van der Waals surface area contributed by atoms with Gasteiger partial charge in [-0.3, -0.25) is 4.79 Å². The Balaban J connectivity index is 1.91. The third-order valence-electron chi connectivity index (χ3n) is 4.37. The monoisotopic (exact) mass is 361 g/mol. The molecule has 0 N–H and O–H groups in total. The lowest BCUT2D eigenvalue weighted by molar-refractivity contribution is 0.139. The normalized spacial score (nSPS) is 12.5. The van der Waals surface area contributed by atoms with Crippen molar-refractivity contribution in [3.05, 3.63) is 83.2 Å². The smallest absolute Gasteiger partial charge is 0.285 e. The van der Waals surface area contributed by atoms with Crippen LogP contribution in [0.2, 0.25) is 0 Å². The van der Waals surface area contributed by atoms with E-state index in [1.807, 2.05) is 41.8 Å². The molecule has 0 spiro atoms. The van der Waals surface area contributed by atoms with Crippen LogP contribution < -0.4 is 5.56 Å². The Morgan fingerprint density at radius 2 is 2.07 bits per heavy atom. The Kier molecular flexibility index (Phi) is 4.52. The Bertz CT molecular complexity index is 1160. The molecule has 136 valence electrons. The van der Waals surface area contributed by atoms with E-state index < -0.39 is 0 Å². The van der Waals surface area contributed by atoms with Crippen molar-refractivity contribution in [2.75, 3.05) is 13.2 Å². The standard InChI is InChI=1S/C20H19N5O2/c1-3-9-27-12-16(15-7-5-4-6-8-15)25-13-22-18-17(25)19(26)24-11-14(2)10-21-20(24)23-18/h3-8,10-11,13,16H,1,9,12H2,2H3. The highest BCUT2D eigenvalue weighted by Gasteiger charge is 2.20. The van der Waals surface area contributed by atoms with Crippen molar-refractivity contribution in [2.24, 2.45) is 0 Å². The van der Waals surface area contributed by atoms with Crippen LogP contribution in [0.25, 0.3) is 16.9 Å². The first-order valence-electron chi connectivity index (χ1n) is 8.64. The zero-order valence-electron chi connectivity index (χ0n) is 14.9. The summed E-state index contributed by atoms with van der Waals surface area (Å²) >= 11 is 0. The van der Waals surface area contributed by atoms with Crippen LogP contribution in [0.1, 0.15) is 17.2 Å². The first-order chi connectivity index (χ1) is 13.2. The summed E-state index contributed by atoms with van der Waals surface area (Å²) in [7, 11) is 0. The second-order valence-electron chi connectivity index (χ2n) is 6.29. The number of fused-ring (bicyclic) bond motifs is 2. The van der Waals surface area contributed by atoms with E-state index in [0.29, 0.717) is 30.2 Å². The molecule has 0 aliphatic carbocycles. The van der Waals surface area contributed by atoms with E-state index in [1.165, 1.54) is 4.40 Å². The highest BCUT2D eigenvalue weighted by atomic mass is 16.5. The van der Waals surface area contributed by atoms with Crippen LogP contribution in [0.5, 0.6) is 0 Å². The molecule has 4 rings (SSSR count). The largest absolute Gasteiger partial charge is 0.375 e. The van der Waals surface area contributed by atoms with Crippen molar-refractivity contribution < 1.29 is 4.74 Å². The van der Waals surface area contributed by atoms with Crippen molar-refractivity contribution >= 4 is 16.9 Å². The van der Waals surface area contributed by atoms with Crippen molar-refractivity contribution in [1.29, 1.82) is 0 Å². The third-order valence-corrected chi connectivity index (χ3v) is 4.37. The fourth-order valence-corrected chi connectivity index (χ4v) is 3.11. The first kappa shape index (κ1) is 17.1. The zero-order chi connectivity index (χ0) is 18.8. The topological polar surface area (TPSA) is 74.3 Å². The summed E-state index contributed by atoms with van der Waals surface area (Å²) in [4.78, 5) is 26.2. The number of rotatable bonds is 6. The second-order valence-corrected chi connectivity index (χ2v) is 6.29. The number of ether oxygens (including phenoxy) is 1. The molecule has 0 amide bonds. The van der Waals surface area contributed by atoms with Crippen molar-refractivity contribution in [1.82, 2.24) is 23.9 Å². The molecule has 27 heavy (non-hydrogen) atoms. The lowest BCUT2D eigenvalue weighted by Crippen LogP contribution is -2.23. The van der Waals surface area contributed by atoms with Gasteiger partial charge < -0.3 is 9.30 Å². The van der Waals surface area contributed by atoms with E-state index in [1.54, 1.807) is 24.8 Å². The molecule has 4 aromatic rings. The molecule has 7 nitrogen and oxygen atoms in total. The van der Waals surface area contributed by atoms with Crippen LogP contribution in [0.3, 0.4) is 0 Å². The summed E-state index contributed by atoms with van der Waals surface area (Å²) in [5.41, 5.74) is 2.50. The van der Waals surface area contributed by atoms with Gasteiger partial charge in [0, 0.05) is 12.4 Å². The van der Waals surface area contributed by atoms with E-state index in [9.17, 15) is 4.79 Å². The Labute approximate surface area is 155 Å². The van der Waals surface area contributed by atoms with Gasteiger partial charge in [0.05, 0.1) is 25.6 Å². The average Bonchev–Trinajstić information content (AvgIpc) is 3.10. The molecule has 0 fully saturated rings. The summed E-state index contributed by atoms with van der Waals surface area (Å²) in [5, 5.41) is 0. The minimum absolute atomic E-state index is 0.201. The molecule has 1 atom stereocenters. The maximum absolute atomic E-state index is 13.2. The zero-order valence-corrected chi connectivity index (χ0v) is 14.9. The van der Waals surface area contributed by atoms with Crippen molar-refractivity contribution in [3.8, 4) is 0 Å². The molecule has 0 bridgehead atoms. The second kappa shape index (κ2) is 7.13. The highest BCUT2D eigenvalue weighted by Crippen LogP contribution is 2.22. The van der Waals surface area contributed by atoms with E-state index in [2.05, 4.69) is 21.5 Å². The lowest BCUT2D eigenvalue weighted by Gasteiger charge is -2.19. The SMILES string of the molecule is C=CCOCC(c1ccccc1)n1cnc2nc3ncc(C)cn3c(=O)c21. The highest BCUT2D eigenvalue weighted by molar-refractivity contribution is 5.72. The van der Waals surface area contributed by atoms with E-state index in [4.69, 9.17) is 4.74 Å².